The molecule has 1 heterocycles. The van der Waals surface area contributed by atoms with Gasteiger partial charge in [-0.05, 0) is 50.6 Å². The molecule has 0 saturated heterocycles. The van der Waals surface area contributed by atoms with Gasteiger partial charge in [-0.1, -0.05) is 29.3 Å². The summed E-state index contributed by atoms with van der Waals surface area (Å²) in [5, 5.41) is 6.52. The third kappa shape index (κ3) is 4.58. The summed E-state index contributed by atoms with van der Waals surface area (Å²) in [6.45, 7) is 5.68. The van der Waals surface area contributed by atoms with Crippen molar-refractivity contribution in [2.75, 3.05) is 17.7 Å². The summed E-state index contributed by atoms with van der Waals surface area (Å²) >= 11 is 6.12. The van der Waals surface area contributed by atoms with E-state index in [0.717, 1.165) is 16.8 Å². The largest absolute Gasteiger partial charge is 0.495 e. The summed E-state index contributed by atoms with van der Waals surface area (Å²) in [5.41, 5.74) is 4.28. The summed E-state index contributed by atoms with van der Waals surface area (Å²) in [6, 6.07) is 12.9. The second-order valence-electron chi connectivity index (χ2n) is 6.46. The number of hydrogen-bond donors (Lipinski definition) is 2. The molecular formula is C21H21ClN4O2. The van der Waals surface area contributed by atoms with Crippen LogP contribution < -0.4 is 15.4 Å². The van der Waals surface area contributed by atoms with E-state index in [1.54, 1.807) is 18.2 Å². The highest BCUT2D eigenvalue weighted by molar-refractivity contribution is 6.31. The number of anilines is 3. The van der Waals surface area contributed by atoms with Crippen LogP contribution in [-0.2, 0) is 0 Å². The van der Waals surface area contributed by atoms with Crippen LogP contribution in [0.3, 0.4) is 0 Å². The van der Waals surface area contributed by atoms with Gasteiger partial charge in [-0.3, -0.25) is 4.79 Å². The maximum absolute atomic E-state index is 12.8. The molecule has 0 aliphatic heterocycles. The standard InChI is InChI=1S/C21H21ClN4O2/c1-12-5-7-15(8-6-12)24-21-23-14(3)10-18(26-21)20(27)25-17-9-13(2)16(22)11-19(17)28-4/h5-11H,1-4H3,(H,25,27)(H,23,24,26). The van der Waals surface area contributed by atoms with Gasteiger partial charge in [-0.2, -0.15) is 0 Å². The van der Waals surface area contributed by atoms with Crippen LogP contribution in [0.15, 0.2) is 42.5 Å². The van der Waals surface area contributed by atoms with Crippen molar-refractivity contribution >= 4 is 34.8 Å². The topological polar surface area (TPSA) is 76.1 Å². The molecule has 2 aromatic carbocycles. The Morgan fingerprint density at radius 3 is 2.43 bits per heavy atom. The zero-order valence-electron chi connectivity index (χ0n) is 16.1. The second kappa shape index (κ2) is 8.27. The zero-order valence-corrected chi connectivity index (χ0v) is 16.9. The van der Waals surface area contributed by atoms with Crippen molar-refractivity contribution in [3.63, 3.8) is 0 Å². The molecular weight excluding hydrogens is 376 g/mol. The molecule has 2 N–H and O–H groups in total. The van der Waals surface area contributed by atoms with Crippen LogP contribution in [0.1, 0.15) is 27.3 Å². The minimum Gasteiger partial charge on any atom is -0.495 e. The Hall–Kier alpha value is -3.12. The third-order valence-electron chi connectivity index (χ3n) is 4.12. The van der Waals surface area contributed by atoms with Gasteiger partial charge in [0.05, 0.1) is 12.8 Å². The van der Waals surface area contributed by atoms with Crippen LogP contribution in [0.25, 0.3) is 0 Å². The van der Waals surface area contributed by atoms with Gasteiger partial charge in [0.2, 0.25) is 5.95 Å². The normalized spacial score (nSPS) is 10.5. The number of nitrogens with zero attached hydrogens (tertiary/aromatic N) is 2. The van der Waals surface area contributed by atoms with Crippen LogP contribution >= 0.6 is 11.6 Å². The first-order chi connectivity index (χ1) is 13.4. The SMILES string of the molecule is COc1cc(Cl)c(C)cc1NC(=O)c1cc(C)nc(Nc2ccc(C)cc2)n1. The highest BCUT2D eigenvalue weighted by Crippen LogP contribution is 2.31. The lowest BCUT2D eigenvalue weighted by Crippen LogP contribution is -2.16. The highest BCUT2D eigenvalue weighted by Gasteiger charge is 2.15. The molecule has 0 fully saturated rings. The fourth-order valence-corrected chi connectivity index (χ4v) is 2.78. The number of halogens is 1. The number of nitrogens with one attached hydrogen (secondary N) is 2. The number of methoxy groups -OCH3 is 1. The second-order valence-corrected chi connectivity index (χ2v) is 6.87. The molecule has 28 heavy (non-hydrogen) atoms. The summed E-state index contributed by atoms with van der Waals surface area (Å²) in [5.74, 6) is 0.471. The summed E-state index contributed by atoms with van der Waals surface area (Å²) < 4.78 is 5.31. The molecule has 1 amide bonds. The van der Waals surface area contributed by atoms with Gasteiger partial charge in [-0.25, -0.2) is 9.97 Å². The van der Waals surface area contributed by atoms with Crippen molar-refractivity contribution in [3.05, 3.63) is 70.0 Å². The number of aromatic nitrogens is 2. The first-order valence-corrected chi connectivity index (χ1v) is 9.08. The van der Waals surface area contributed by atoms with E-state index in [0.29, 0.717) is 28.1 Å². The summed E-state index contributed by atoms with van der Waals surface area (Å²) in [6.07, 6.45) is 0. The third-order valence-corrected chi connectivity index (χ3v) is 4.53. The number of benzene rings is 2. The van der Waals surface area contributed by atoms with Gasteiger partial charge >= 0.3 is 0 Å². The van der Waals surface area contributed by atoms with E-state index in [1.165, 1.54) is 7.11 Å². The Kier molecular flexibility index (Phi) is 5.80. The van der Waals surface area contributed by atoms with E-state index < -0.39 is 0 Å². The lowest BCUT2D eigenvalue weighted by molar-refractivity contribution is 0.102. The number of hydrogen-bond acceptors (Lipinski definition) is 5. The number of aryl methyl sites for hydroxylation is 3. The number of carbonyl (C=O) groups excluding carboxylic acids is 1. The van der Waals surface area contributed by atoms with Crippen LogP contribution in [0.4, 0.5) is 17.3 Å². The number of ether oxygens (including phenoxy) is 1. The Morgan fingerprint density at radius 2 is 1.75 bits per heavy atom. The van der Waals surface area contributed by atoms with Gasteiger partial charge in [0.15, 0.2) is 0 Å². The van der Waals surface area contributed by atoms with Gasteiger partial charge in [0.25, 0.3) is 5.91 Å². The summed E-state index contributed by atoms with van der Waals surface area (Å²) in [4.78, 5) is 21.5. The molecule has 0 radical (unpaired) electrons. The first kappa shape index (κ1) is 19.6. The van der Waals surface area contributed by atoms with E-state index in [2.05, 4.69) is 20.6 Å². The lowest BCUT2D eigenvalue weighted by Gasteiger charge is -2.13. The van der Waals surface area contributed by atoms with Crippen molar-refractivity contribution in [2.24, 2.45) is 0 Å². The molecule has 0 unspecified atom stereocenters. The average Bonchev–Trinajstić information content (AvgIpc) is 2.66. The quantitative estimate of drug-likeness (QED) is 0.630. The minimum absolute atomic E-state index is 0.247. The van der Waals surface area contributed by atoms with E-state index in [1.807, 2.05) is 45.0 Å². The molecule has 1 aromatic heterocycles. The maximum atomic E-state index is 12.8. The molecule has 0 atom stereocenters. The van der Waals surface area contributed by atoms with Crippen LogP contribution in [0, 0.1) is 20.8 Å². The molecule has 0 aliphatic carbocycles. The van der Waals surface area contributed by atoms with E-state index in [4.69, 9.17) is 16.3 Å². The summed E-state index contributed by atoms with van der Waals surface area (Å²) in [7, 11) is 1.52. The van der Waals surface area contributed by atoms with E-state index >= 15 is 0 Å². The fourth-order valence-electron chi connectivity index (χ4n) is 2.62. The monoisotopic (exact) mass is 396 g/mol. The molecule has 0 bridgehead atoms. The number of rotatable bonds is 5. The number of carbonyl (C=O) groups is 1. The molecule has 3 aromatic rings. The zero-order chi connectivity index (χ0) is 20.3. The molecule has 3 rings (SSSR count). The smallest absolute Gasteiger partial charge is 0.274 e. The Morgan fingerprint density at radius 1 is 1.04 bits per heavy atom. The van der Waals surface area contributed by atoms with Crippen molar-refractivity contribution in [1.29, 1.82) is 0 Å². The van der Waals surface area contributed by atoms with Gasteiger partial charge in [0, 0.05) is 22.5 Å². The molecule has 0 saturated carbocycles. The molecule has 144 valence electrons. The van der Waals surface area contributed by atoms with Crippen LogP contribution in [0.2, 0.25) is 5.02 Å². The van der Waals surface area contributed by atoms with Crippen molar-refractivity contribution in [1.82, 2.24) is 9.97 Å². The fraction of sp³-hybridized carbons (Fsp3) is 0.190. The van der Waals surface area contributed by atoms with Gasteiger partial charge in [-0.15, -0.1) is 0 Å². The van der Waals surface area contributed by atoms with Gasteiger partial charge < -0.3 is 15.4 Å². The lowest BCUT2D eigenvalue weighted by atomic mass is 10.2. The minimum atomic E-state index is -0.363. The molecule has 0 spiro atoms. The van der Waals surface area contributed by atoms with Crippen LogP contribution in [-0.4, -0.2) is 23.0 Å². The van der Waals surface area contributed by atoms with E-state index in [-0.39, 0.29) is 11.6 Å². The number of amides is 1. The van der Waals surface area contributed by atoms with Gasteiger partial charge in [0.1, 0.15) is 11.4 Å². The highest BCUT2D eigenvalue weighted by atomic mass is 35.5. The molecule has 7 heteroatoms. The van der Waals surface area contributed by atoms with Crippen molar-refractivity contribution < 1.29 is 9.53 Å². The Bertz CT molecular complexity index is 1020. The van der Waals surface area contributed by atoms with Crippen molar-refractivity contribution in [3.8, 4) is 5.75 Å². The molecule has 6 nitrogen and oxygen atoms in total. The first-order valence-electron chi connectivity index (χ1n) is 8.70. The van der Waals surface area contributed by atoms with Crippen LogP contribution in [0.5, 0.6) is 5.75 Å². The van der Waals surface area contributed by atoms with Crippen molar-refractivity contribution in [2.45, 2.75) is 20.8 Å². The predicted octanol–water partition coefficient (Wildman–Crippen LogP) is 5.06. The Labute approximate surface area is 168 Å². The van der Waals surface area contributed by atoms with E-state index in [9.17, 15) is 4.79 Å². The maximum Gasteiger partial charge on any atom is 0.274 e. The predicted molar refractivity (Wildman–Crippen MR) is 112 cm³/mol. The Balaban J connectivity index is 1.85. The molecule has 0 aliphatic rings. The average molecular weight is 397 g/mol.